The molecular formula is C19H27N3O. The fourth-order valence-corrected chi connectivity index (χ4v) is 3.98. The predicted octanol–water partition coefficient (Wildman–Crippen LogP) is 2.72. The van der Waals surface area contributed by atoms with Crippen molar-refractivity contribution in [2.45, 2.75) is 32.2 Å². The summed E-state index contributed by atoms with van der Waals surface area (Å²) >= 11 is 0. The van der Waals surface area contributed by atoms with Crippen LogP contribution in [-0.2, 0) is 11.3 Å². The average molecular weight is 313 g/mol. The topological polar surface area (TPSA) is 36.4 Å². The number of carbonyl (C=O) groups is 1. The van der Waals surface area contributed by atoms with E-state index in [1.807, 2.05) is 23.4 Å². The number of carbonyl (C=O) groups excluding carboxylic acids is 1. The minimum Gasteiger partial charge on any atom is -0.342 e. The summed E-state index contributed by atoms with van der Waals surface area (Å²) in [5.74, 6) is 1.72. The van der Waals surface area contributed by atoms with Gasteiger partial charge in [0, 0.05) is 38.4 Å². The average Bonchev–Trinajstić information content (AvgIpc) is 3.07. The lowest BCUT2D eigenvalue weighted by atomic mass is 9.83. The van der Waals surface area contributed by atoms with Gasteiger partial charge in [-0.05, 0) is 55.8 Å². The van der Waals surface area contributed by atoms with Gasteiger partial charge in [-0.1, -0.05) is 12.1 Å². The lowest BCUT2D eigenvalue weighted by Crippen LogP contribution is -2.37. The molecule has 1 aromatic heterocycles. The molecule has 0 bridgehead atoms. The van der Waals surface area contributed by atoms with Crippen LogP contribution in [0.15, 0.2) is 37.2 Å². The Labute approximate surface area is 139 Å². The highest BCUT2D eigenvalue weighted by molar-refractivity contribution is 5.77. The van der Waals surface area contributed by atoms with E-state index < -0.39 is 0 Å². The van der Waals surface area contributed by atoms with Gasteiger partial charge in [0.15, 0.2) is 0 Å². The molecule has 0 N–H and O–H groups in total. The number of likely N-dealkylation sites (tertiary alicyclic amines) is 2. The molecule has 1 amide bonds. The molecule has 23 heavy (non-hydrogen) atoms. The summed E-state index contributed by atoms with van der Waals surface area (Å²) in [5, 5.41) is 0. The minimum atomic E-state index is 0.247. The van der Waals surface area contributed by atoms with Crippen LogP contribution in [0.3, 0.4) is 0 Å². The Kier molecular flexibility index (Phi) is 5.44. The first-order chi connectivity index (χ1) is 11.3. The number of aromatic nitrogens is 1. The lowest BCUT2D eigenvalue weighted by molar-refractivity contribution is -0.129. The molecule has 2 fully saturated rings. The van der Waals surface area contributed by atoms with E-state index in [0.29, 0.717) is 12.3 Å². The number of piperidine rings is 1. The zero-order valence-corrected chi connectivity index (χ0v) is 13.9. The molecule has 3 rings (SSSR count). The Hall–Kier alpha value is -1.68. The molecule has 0 saturated carbocycles. The summed E-state index contributed by atoms with van der Waals surface area (Å²) in [4.78, 5) is 20.7. The van der Waals surface area contributed by atoms with E-state index in [2.05, 4.69) is 22.5 Å². The third-order valence-corrected chi connectivity index (χ3v) is 5.32. The van der Waals surface area contributed by atoms with E-state index in [9.17, 15) is 4.79 Å². The second kappa shape index (κ2) is 7.73. The molecule has 1 atom stereocenters. The predicted molar refractivity (Wildman–Crippen MR) is 91.7 cm³/mol. The maximum absolute atomic E-state index is 12.0. The molecule has 2 saturated heterocycles. The fraction of sp³-hybridized carbons (Fsp3) is 0.579. The van der Waals surface area contributed by atoms with Crippen LogP contribution in [-0.4, -0.2) is 46.9 Å². The zero-order valence-electron chi connectivity index (χ0n) is 13.9. The second-order valence-electron chi connectivity index (χ2n) is 6.86. The Morgan fingerprint density at radius 2 is 2.04 bits per heavy atom. The van der Waals surface area contributed by atoms with Gasteiger partial charge in [-0.2, -0.15) is 0 Å². The molecular weight excluding hydrogens is 286 g/mol. The second-order valence-corrected chi connectivity index (χ2v) is 6.86. The fourth-order valence-electron chi connectivity index (χ4n) is 3.98. The largest absolute Gasteiger partial charge is 0.342 e. The lowest BCUT2D eigenvalue weighted by Gasteiger charge is -2.34. The van der Waals surface area contributed by atoms with Gasteiger partial charge < -0.3 is 4.90 Å². The van der Waals surface area contributed by atoms with Crippen molar-refractivity contribution in [1.82, 2.24) is 14.8 Å². The molecule has 3 heterocycles. The van der Waals surface area contributed by atoms with Crippen LogP contribution in [0.25, 0.3) is 0 Å². The van der Waals surface area contributed by atoms with Gasteiger partial charge >= 0.3 is 0 Å². The van der Waals surface area contributed by atoms with Crippen LogP contribution in [0.2, 0.25) is 0 Å². The number of amides is 1. The zero-order chi connectivity index (χ0) is 16.1. The summed E-state index contributed by atoms with van der Waals surface area (Å²) in [6.45, 7) is 8.90. The summed E-state index contributed by atoms with van der Waals surface area (Å²) in [5.41, 5.74) is 1.30. The van der Waals surface area contributed by atoms with Crippen LogP contribution < -0.4 is 0 Å². The van der Waals surface area contributed by atoms with Crippen molar-refractivity contribution in [3.8, 4) is 0 Å². The quantitative estimate of drug-likeness (QED) is 0.784. The summed E-state index contributed by atoms with van der Waals surface area (Å²) in [7, 11) is 0. The SMILES string of the molecule is C=CCC(=O)N1CCC(C2CCN(Cc3cccnc3)CC2)C1. The van der Waals surface area contributed by atoms with Crippen molar-refractivity contribution >= 4 is 5.91 Å². The molecule has 1 unspecified atom stereocenters. The van der Waals surface area contributed by atoms with E-state index in [-0.39, 0.29) is 5.91 Å². The highest BCUT2D eigenvalue weighted by Crippen LogP contribution is 2.32. The number of rotatable bonds is 5. The van der Waals surface area contributed by atoms with E-state index in [1.54, 1.807) is 6.08 Å². The van der Waals surface area contributed by atoms with Crippen LogP contribution in [0.5, 0.6) is 0 Å². The Morgan fingerprint density at radius 3 is 2.74 bits per heavy atom. The Bertz CT molecular complexity index is 523. The summed E-state index contributed by atoms with van der Waals surface area (Å²) in [6, 6.07) is 4.16. The first-order valence-corrected chi connectivity index (χ1v) is 8.76. The first-order valence-electron chi connectivity index (χ1n) is 8.76. The van der Waals surface area contributed by atoms with Crippen molar-refractivity contribution in [2.75, 3.05) is 26.2 Å². The smallest absolute Gasteiger partial charge is 0.226 e. The number of hydrogen-bond donors (Lipinski definition) is 0. The van der Waals surface area contributed by atoms with Gasteiger partial charge in [0.05, 0.1) is 0 Å². The van der Waals surface area contributed by atoms with Gasteiger partial charge in [0.2, 0.25) is 5.91 Å². The summed E-state index contributed by atoms with van der Waals surface area (Å²) < 4.78 is 0. The third-order valence-electron chi connectivity index (χ3n) is 5.32. The highest BCUT2D eigenvalue weighted by atomic mass is 16.2. The molecule has 2 aliphatic rings. The van der Waals surface area contributed by atoms with Gasteiger partial charge in [-0.15, -0.1) is 6.58 Å². The molecule has 4 heteroatoms. The molecule has 0 radical (unpaired) electrons. The van der Waals surface area contributed by atoms with Crippen molar-refractivity contribution in [1.29, 1.82) is 0 Å². The van der Waals surface area contributed by atoms with Crippen LogP contribution in [0.4, 0.5) is 0 Å². The first kappa shape index (κ1) is 16.2. The number of nitrogens with zero attached hydrogens (tertiary/aromatic N) is 3. The molecule has 4 nitrogen and oxygen atoms in total. The molecule has 0 spiro atoms. The van der Waals surface area contributed by atoms with Gasteiger partial charge in [0.25, 0.3) is 0 Å². The Morgan fingerprint density at radius 1 is 1.26 bits per heavy atom. The van der Waals surface area contributed by atoms with Crippen molar-refractivity contribution < 1.29 is 4.79 Å². The van der Waals surface area contributed by atoms with Gasteiger partial charge in [-0.3, -0.25) is 14.7 Å². The molecule has 124 valence electrons. The van der Waals surface area contributed by atoms with E-state index in [1.165, 1.54) is 24.8 Å². The Balaban J connectivity index is 1.44. The molecule has 1 aromatic rings. The summed E-state index contributed by atoms with van der Waals surface area (Å²) in [6.07, 6.45) is 9.68. The van der Waals surface area contributed by atoms with Crippen molar-refractivity contribution in [3.63, 3.8) is 0 Å². The maximum atomic E-state index is 12.0. The van der Waals surface area contributed by atoms with E-state index >= 15 is 0 Å². The standard InChI is InChI=1S/C19H27N3O/c1-2-4-19(23)22-12-8-18(15-22)17-6-10-21(11-7-17)14-16-5-3-9-20-13-16/h2-3,5,9,13,17-18H,1,4,6-8,10-12,14-15H2. The van der Waals surface area contributed by atoms with E-state index in [4.69, 9.17) is 0 Å². The highest BCUT2D eigenvalue weighted by Gasteiger charge is 2.33. The molecule has 0 aromatic carbocycles. The molecule has 2 aliphatic heterocycles. The van der Waals surface area contributed by atoms with Crippen LogP contribution in [0.1, 0.15) is 31.2 Å². The monoisotopic (exact) mass is 313 g/mol. The van der Waals surface area contributed by atoms with Crippen LogP contribution in [0, 0.1) is 11.8 Å². The van der Waals surface area contributed by atoms with Crippen LogP contribution >= 0.6 is 0 Å². The van der Waals surface area contributed by atoms with Gasteiger partial charge in [0.1, 0.15) is 0 Å². The maximum Gasteiger partial charge on any atom is 0.226 e. The van der Waals surface area contributed by atoms with Crippen molar-refractivity contribution in [2.24, 2.45) is 11.8 Å². The normalized spacial score (nSPS) is 23.1. The number of pyridine rings is 1. The van der Waals surface area contributed by atoms with Crippen molar-refractivity contribution in [3.05, 3.63) is 42.7 Å². The van der Waals surface area contributed by atoms with E-state index in [0.717, 1.165) is 38.6 Å². The number of hydrogen-bond acceptors (Lipinski definition) is 3. The van der Waals surface area contributed by atoms with Gasteiger partial charge in [-0.25, -0.2) is 0 Å². The third kappa shape index (κ3) is 4.20. The molecule has 0 aliphatic carbocycles. The minimum absolute atomic E-state index is 0.247.